The lowest BCUT2D eigenvalue weighted by Crippen LogP contribution is -2.34. The number of rotatable bonds is 12. The van der Waals surface area contributed by atoms with Gasteiger partial charge in [0.1, 0.15) is 17.2 Å². The molecule has 4 nitrogen and oxygen atoms in total. The average Bonchev–Trinajstić information content (AvgIpc) is 3.03. The van der Waals surface area contributed by atoms with E-state index in [0.29, 0.717) is 0 Å². The van der Waals surface area contributed by atoms with Crippen LogP contribution in [0, 0.1) is 0 Å². The highest BCUT2D eigenvalue weighted by Gasteiger charge is 2.33. The Morgan fingerprint density at radius 3 is 1.17 bits per heavy atom. The fourth-order valence-corrected chi connectivity index (χ4v) is 5.49. The molecule has 0 atom stereocenters. The van der Waals surface area contributed by atoms with Crippen molar-refractivity contribution in [2.75, 3.05) is 26.6 Å². The standard InChI is InChI=1S/C37H37NO3/c1-39-34-19-9-28(10-20-34)25-37(26-29-11-21-35(40-2)22-12-29,27-30-13-23-36(41-3)24-14-30)31-15-17-33(18-16-31)38-32-7-5-4-6-8-32/h4-24,38H,25-27H2,1-3H3. The molecule has 0 fully saturated rings. The SMILES string of the molecule is COc1ccc(CC(Cc2ccc(OC)cc2)(Cc2ccc(OC)cc2)c2ccc(Nc3ccccc3)cc2)cc1. The predicted octanol–water partition coefficient (Wildman–Crippen LogP) is 8.42. The molecule has 0 radical (unpaired) electrons. The van der Waals surface area contributed by atoms with Crippen LogP contribution in [-0.2, 0) is 24.7 Å². The second kappa shape index (κ2) is 13.1. The number of methoxy groups -OCH3 is 3. The normalized spacial score (nSPS) is 11.1. The maximum atomic E-state index is 5.45. The molecule has 0 spiro atoms. The van der Waals surface area contributed by atoms with Crippen LogP contribution >= 0.6 is 0 Å². The number of ether oxygens (including phenoxy) is 3. The fraction of sp³-hybridized carbons (Fsp3) is 0.189. The monoisotopic (exact) mass is 543 g/mol. The molecule has 0 amide bonds. The molecule has 0 unspecified atom stereocenters. The number of anilines is 2. The van der Waals surface area contributed by atoms with Gasteiger partial charge in [0.25, 0.3) is 0 Å². The van der Waals surface area contributed by atoms with Crippen molar-refractivity contribution in [1.29, 1.82) is 0 Å². The predicted molar refractivity (Wildman–Crippen MR) is 168 cm³/mol. The van der Waals surface area contributed by atoms with Gasteiger partial charge in [-0.1, -0.05) is 66.7 Å². The van der Waals surface area contributed by atoms with Crippen molar-refractivity contribution in [3.8, 4) is 17.2 Å². The molecule has 5 rings (SSSR count). The molecule has 0 aliphatic heterocycles. The molecule has 0 saturated carbocycles. The highest BCUT2D eigenvalue weighted by Crippen LogP contribution is 2.38. The Kier molecular flexibility index (Phi) is 8.90. The zero-order valence-electron chi connectivity index (χ0n) is 24.0. The highest BCUT2D eigenvalue weighted by molar-refractivity contribution is 5.60. The minimum atomic E-state index is -0.219. The molecule has 0 saturated heterocycles. The van der Waals surface area contributed by atoms with Gasteiger partial charge in [-0.3, -0.25) is 0 Å². The molecule has 5 aromatic carbocycles. The summed E-state index contributed by atoms with van der Waals surface area (Å²) in [5.41, 5.74) is 6.99. The minimum Gasteiger partial charge on any atom is -0.497 e. The first-order chi connectivity index (χ1) is 20.1. The number of nitrogens with one attached hydrogen (secondary N) is 1. The number of hydrogen-bond acceptors (Lipinski definition) is 4. The number of benzene rings is 5. The summed E-state index contributed by atoms with van der Waals surface area (Å²) in [7, 11) is 5.12. The highest BCUT2D eigenvalue weighted by atomic mass is 16.5. The van der Waals surface area contributed by atoms with Gasteiger partial charge in [0, 0.05) is 16.8 Å². The number of hydrogen-bond donors (Lipinski definition) is 1. The van der Waals surface area contributed by atoms with Gasteiger partial charge in [-0.25, -0.2) is 0 Å². The van der Waals surface area contributed by atoms with Crippen LogP contribution in [0.2, 0.25) is 0 Å². The van der Waals surface area contributed by atoms with Crippen LogP contribution in [-0.4, -0.2) is 21.3 Å². The van der Waals surface area contributed by atoms with Crippen LogP contribution in [0.1, 0.15) is 22.3 Å². The summed E-state index contributed by atoms with van der Waals surface area (Å²) >= 11 is 0. The van der Waals surface area contributed by atoms with Gasteiger partial charge in [0.2, 0.25) is 0 Å². The number of para-hydroxylation sites is 1. The Morgan fingerprint density at radius 2 is 0.805 bits per heavy atom. The molecule has 5 aromatic rings. The average molecular weight is 544 g/mol. The third-order valence-electron chi connectivity index (χ3n) is 7.66. The lowest BCUT2D eigenvalue weighted by atomic mass is 9.68. The second-order valence-electron chi connectivity index (χ2n) is 10.4. The molecule has 41 heavy (non-hydrogen) atoms. The topological polar surface area (TPSA) is 39.7 Å². The van der Waals surface area contributed by atoms with Crippen molar-refractivity contribution in [3.63, 3.8) is 0 Å². The Balaban J connectivity index is 1.57. The van der Waals surface area contributed by atoms with E-state index in [4.69, 9.17) is 14.2 Å². The third kappa shape index (κ3) is 7.09. The van der Waals surface area contributed by atoms with Crippen LogP contribution in [0.3, 0.4) is 0 Å². The molecule has 0 bridgehead atoms. The summed E-state index contributed by atoms with van der Waals surface area (Å²) in [6, 6.07) is 44.6. The Bertz CT molecular complexity index is 1370. The van der Waals surface area contributed by atoms with E-state index in [1.807, 2.05) is 54.6 Å². The molecular formula is C37H37NO3. The zero-order valence-corrected chi connectivity index (χ0v) is 24.0. The summed E-state index contributed by atoms with van der Waals surface area (Å²) in [6.07, 6.45) is 2.58. The Labute approximate surface area is 243 Å². The molecule has 0 aromatic heterocycles. The quantitative estimate of drug-likeness (QED) is 0.171. The Morgan fingerprint density at radius 1 is 0.439 bits per heavy atom. The molecule has 4 heteroatoms. The first-order valence-electron chi connectivity index (χ1n) is 13.9. The van der Waals surface area contributed by atoms with Crippen LogP contribution in [0.4, 0.5) is 11.4 Å². The van der Waals surface area contributed by atoms with Crippen molar-refractivity contribution in [3.05, 3.63) is 150 Å². The maximum absolute atomic E-state index is 5.45. The van der Waals surface area contributed by atoms with E-state index in [9.17, 15) is 0 Å². The van der Waals surface area contributed by atoms with E-state index in [2.05, 4.69) is 78.1 Å². The molecule has 0 heterocycles. The van der Waals surface area contributed by atoms with E-state index in [0.717, 1.165) is 47.9 Å². The molecular weight excluding hydrogens is 506 g/mol. The lowest BCUT2D eigenvalue weighted by molar-refractivity contribution is 0.405. The maximum Gasteiger partial charge on any atom is 0.118 e. The molecule has 0 aliphatic carbocycles. The van der Waals surface area contributed by atoms with Crippen molar-refractivity contribution in [2.45, 2.75) is 24.7 Å². The zero-order chi connectivity index (χ0) is 28.5. The van der Waals surface area contributed by atoms with Crippen molar-refractivity contribution in [1.82, 2.24) is 0 Å². The first kappa shape index (κ1) is 27.9. The van der Waals surface area contributed by atoms with E-state index >= 15 is 0 Å². The Hall–Kier alpha value is -4.70. The first-order valence-corrected chi connectivity index (χ1v) is 13.9. The fourth-order valence-electron chi connectivity index (χ4n) is 5.49. The third-order valence-corrected chi connectivity index (χ3v) is 7.66. The molecule has 1 N–H and O–H groups in total. The summed E-state index contributed by atoms with van der Waals surface area (Å²) in [4.78, 5) is 0. The van der Waals surface area contributed by atoms with Gasteiger partial charge in [0.05, 0.1) is 21.3 Å². The summed E-state index contributed by atoms with van der Waals surface area (Å²) in [6.45, 7) is 0. The van der Waals surface area contributed by atoms with Crippen molar-refractivity contribution < 1.29 is 14.2 Å². The van der Waals surface area contributed by atoms with E-state index in [1.165, 1.54) is 22.3 Å². The van der Waals surface area contributed by atoms with Gasteiger partial charge in [0.15, 0.2) is 0 Å². The van der Waals surface area contributed by atoms with E-state index in [-0.39, 0.29) is 5.41 Å². The summed E-state index contributed by atoms with van der Waals surface area (Å²) < 4.78 is 16.4. The van der Waals surface area contributed by atoms with Gasteiger partial charge in [-0.2, -0.15) is 0 Å². The smallest absolute Gasteiger partial charge is 0.118 e. The lowest BCUT2D eigenvalue weighted by Gasteiger charge is -2.36. The van der Waals surface area contributed by atoms with Gasteiger partial charge >= 0.3 is 0 Å². The van der Waals surface area contributed by atoms with E-state index < -0.39 is 0 Å². The second-order valence-corrected chi connectivity index (χ2v) is 10.4. The van der Waals surface area contributed by atoms with Gasteiger partial charge in [-0.05, 0) is 102 Å². The van der Waals surface area contributed by atoms with Crippen LogP contribution < -0.4 is 19.5 Å². The van der Waals surface area contributed by atoms with Gasteiger partial charge < -0.3 is 19.5 Å². The van der Waals surface area contributed by atoms with E-state index in [1.54, 1.807) is 21.3 Å². The van der Waals surface area contributed by atoms with Crippen LogP contribution in [0.15, 0.2) is 127 Å². The van der Waals surface area contributed by atoms with Crippen LogP contribution in [0.25, 0.3) is 0 Å². The summed E-state index contributed by atoms with van der Waals surface area (Å²) in [5, 5.41) is 3.53. The minimum absolute atomic E-state index is 0.219. The molecule has 0 aliphatic rings. The largest absolute Gasteiger partial charge is 0.497 e. The van der Waals surface area contributed by atoms with Crippen molar-refractivity contribution >= 4 is 11.4 Å². The van der Waals surface area contributed by atoms with Crippen molar-refractivity contribution in [2.24, 2.45) is 0 Å². The van der Waals surface area contributed by atoms with Crippen LogP contribution in [0.5, 0.6) is 17.2 Å². The van der Waals surface area contributed by atoms with Gasteiger partial charge in [-0.15, -0.1) is 0 Å². The molecule has 208 valence electrons. The summed E-state index contributed by atoms with van der Waals surface area (Å²) in [5.74, 6) is 2.59.